The number of hydrogen-bond donors (Lipinski definition) is 2. The molecular formula is C24H21FN2O4. The molecule has 0 heterocycles. The van der Waals surface area contributed by atoms with E-state index in [-0.39, 0.29) is 12.2 Å². The molecule has 6 nitrogen and oxygen atoms in total. The van der Waals surface area contributed by atoms with E-state index in [9.17, 15) is 14.0 Å². The van der Waals surface area contributed by atoms with E-state index in [4.69, 9.17) is 9.47 Å². The topological polar surface area (TPSA) is 76.7 Å². The van der Waals surface area contributed by atoms with Crippen LogP contribution in [0, 0.1) is 5.82 Å². The Balaban J connectivity index is 1.49. The van der Waals surface area contributed by atoms with Gasteiger partial charge in [-0.3, -0.25) is 20.4 Å². The Morgan fingerprint density at radius 3 is 2.39 bits per heavy atom. The maximum absolute atomic E-state index is 13.2. The van der Waals surface area contributed by atoms with Gasteiger partial charge >= 0.3 is 0 Å². The lowest BCUT2D eigenvalue weighted by Gasteiger charge is -2.12. The zero-order valence-corrected chi connectivity index (χ0v) is 16.6. The minimum absolute atomic E-state index is 0.238. The van der Waals surface area contributed by atoms with Crippen LogP contribution >= 0.6 is 0 Å². The largest absolute Gasteiger partial charge is 0.490 e. The van der Waals surface area contributed by atoms with E-state index in [0.29, 0.717) is 17.9 Å². The van der Waals surface area contributed by atoms with Crippen molar-refractivity contribution in [2.75, 3.05) is 13.2 Å². The third kappa shape index (κ3) is 7.01. The van der Waals surface area contributed by atoms with Crippen molar-refractivity contribution in [3.05, 3.63) is 102 Å². The predicted octanol–water partition coefficient (Wildman–Crippen LogP) is 3.76. The van der Waals surface area contributed by atoms with Gasteiger partial charge in [-0.05, 0) is 48.0 Å². The molecule has 2 amide bonds. The van der Waals surface area contributed by atoms with E-state index in [2.05, 4.69) is 10.9 Å². The van der Waals surface area contributed by atoms with Crippen LogP contribution in [-0.4, -0.2) is 25.0 Å². The number of benzene rings is 3. The molecule has 0 saturated carbocycles. The van der Waals surface area contributed by atoms with Crippen LogP contribution in [0.3, 0.4) is 0 Å². The summed E-state index contributed by atoms with van der Waals surface area (Å²) in [6.07, 6.45) is 2.63. The third-order valence-electron chi connectivity index (χ3n) is 4.06. The van der Waals surface area contributed by atoms with Gasteiger partial charge in [-0.1, -0.05) is 42.5 Å². The first-order chi connectivity index (χ1) is 15.1. The van der Waals surface area contributed by atoms with Crippen LogP contribution in [0.4, 0.5) is 4.39 Å². The van der Waals surface area contributed by atoms with E-state index in [1.807, 2.05) is 30.3 Å². The Labute approximate surface area is 179 Å². The van der Waals surface area contributed by atoms with Crippen molar-refractivity contribution < 1.29 is 23.5 Å². The lowest BCUT2D eigenvalue weighted by Crippen LogP contribution is -2.40. The number of rotatable bonds is 8. The summed E-state index contributed by atoms with van der Waals surface area (Å²) in [6, 6.07) is 21.8. The van der Waals surface area contributed by atoms with Gasteiger partial charge in [-0.25, -0.2) is 4.39 Å². The molecule has 158 valence electrons. The van der Waals surface area contributed by atoms with Gasteiger partial charge in [0.1, 0.15) is 30.5 Å². The smallest absolute Gasteiger partial charge is 0.273 e. The number of ether oxygens (including phenoxy) is 2. The molecule has 3 aromatic carbocycles. The second kappa shape index (κ2) is 11.2. The second-order valence-corrected chi connectivity index (χ2v) is 6.34. The Kier molecular flexibility index (Phi) is 7.77. The molecule has 0 spiro atoms. The Hall–Kier alpha value is -4.13. The van der Waals surface area contributed by atoms with Crippen molar-refractivity contribution in [3.63, 3.8) is 0 Å². The second-order valence-electron chi connectivity index (χ2n) is 6.34. The van der Waals surface area contributed by atoms with Crippen molar-refractivity contribution in [1.82, 2.24) is 10.9 Å². The first-order valence-electron chi connectivity index (χ1n) is 9.55. The summed E-state index contributed by atoms with van der Waals surface area (Å²) in [5, 5.41) is 0. The fourth-order valence-electron chi connectivity index (χ4n) is 2.62. The zero-order valence-electron chi connectivity index (χ0n) is 16.6. The molecule has 7 heteroatoms. The van der Waals surface area contributed by atoms with Gasteiger partial charge in [-0.2, -0.15) is 0 Å². The van der Waals surface area contributed by atoms with E-state index < -0.39 is 17.6 Å². The summed E-state index contributed by atoms with van der Waals surface area (Å²) in [4.78, 5) is 24.3. The van der Waals surface area contributed by atoms with Gasteiger partial charge in [0.05, 0.1) is 5.56 Å². The fraction of sp³-hybridized carbons (Fsp3) is 0.0833. The zero-order chi connectivity index (χ0) is 21.9. The molecule has 0 bridgehead atoms. The minimum Gasteiger partial charge on any atom is -0.490 e. The summed E-state index contributed by atoms with van der Waals surface area (Å²) >= 11 is 0. The van der Waals surface area contributed by atoms with Gasteiger partial charge < -0.3 is 9.47 Å². The van der Waals surface area contributed by atoms with Crippen LogP contribution in [0.5, 0.6) is 11.5 Å². The van der Waals surface area contributed by atoms with E-state index in [1.165, 1.54) is 30.4 Å². The predicted molar refractivity (Wildman–Crippen MR) is 115 cm³/mol. The Morgan fingerprint density at radius 2 is 1.58 bits per heavy atom. The van der Waals surface area contributed by atoms with Gasteiger partial charge in [-0.15, -0.1) is 0 Å². The molecule has 0 unspecified atom stereocenters. The molecule has 0 aliphatic carbocycles. The number of halogens is 1. The highest BCUT2D eigenvalue weighted by molar-refractivity contribution is 5.99. The summed E-state index contributed by atoms with van der Waals surface area (Å²) < 4.78 is 24.4. The standard InChI is InChI=1S/C24H21FN2O4/c25-19-8-6-7-18(17-19)13-14-23(28)26-27-24(29)21-11-4-5-12-22(21)31-16-15-30-20-9-2-1-3-10-20/h1-14,17H,15-16H2,(H,26,28)(H,27,29)/b14-13+. The van der Waals surface area contributed by atoms with Gasteiger partial charge in [0.15, 0.2) is 0 Å². The van der Waals surface area contributed by atoms with Gasteiger partial charge in [0.2, 0.25) is 0 Å². The lowest BCUT2D eigenvalue weighted by molar-refractivity contribution is -0.117. The van der Waals surface area contributed by atoms with Crippen molar-refractivity contribution in [3.8, 4) is 11.5 Å². The first kappa shape index (κ1) is 21.6. The van der Waals surface area contributed by atoms with Crippen LogP contribution in [-0.2, 0) is 4.79 Å². The molecule has 3 aromatic rings. The fourth-order valence-corrected chi connectivity index (χ4v) is 2.62. The Morgan fingerprint density at radius 1 is 0.839 bits per heavy atom. The Bertz CT molecular complexity index is 1050. The number of para-hydroxylation sites is 2. The number of carbonyl (C=O) groups excluding carboxylic acids is 2. The molecule has 0 aliphatic heterocycles. The van der Waals surface area contributed by atoms with Crippen LogP contribution in [0.25, 0.3) is 6.08 Å². The molecule has 0 aliphatic rings. The number of hydrogen-bond acceptors (Lipinski definition) is 4. The number of carbonyl (C=O) groups is 2. The molecule has 3 rings (SSSR count). The van der Waals surface area contributed by atoms with Gasteiger partial charge in [0.25, 0.3) is 11.8 Å². The highest BCUT2D eigenvalue weighted by Gasteiger charge is 2.12. The van der Waals surface area contributed by atoms with Crippen LogP contribution in [0.1, 0.15) is 15.9 Å². The summed E-state index contributed by atoms with van der Waals surface area (Å²) in [5.41, 5.74) is 5.40. The van der Waals surface area contributed by atoms with Crippen molar-refractivity contribution in [2.24, 2.45) is 0 Å². The summed E-state index contributed by atoms with van der Waals surface area (Å²) in [5.74, 6) is -0.409. The summed E-state index contributed by atoms with van der Waals surface area (Å²) in [6.45, 7) is 0.545. The maximum Gasteiger partial charge on any atom is 0.273 e. The van der Waals surface area contributed by atoms with Crippen LogP contribution in [0.15, 0.2) is 84.9 Å². The highest BCUT2D eigenvalue weighted by atomic mass is 19.1. The molecule has 0 atom stereocenters. The minimum atomic E-state index is -0.563. The average Bonchev–Trinajstić information content (AvgIpc) is 2.80. The van der Waals surface area contributed by atoms with E-state index >= 15 is 0 Å². The van der Waals surface area contributed by atoms with Crippen LogP contribution < -0.4 is 20.3 Å². The molecular weight excluding hydrogens is 399 g/mol. The molecule has 31 heavy (non-hydrogen) atoms. The molecule has 0 radical (unpaired) electrons. The highest BCUT2D eigenvalue weighted by Crippen LogP contribution is 2.18. The van der Waals surface area contributed by atoms with Gasteiger partial charge in [0, 0.05) is 6.08 Å². The normalized spacial score (nSPS) is 10.5. The molecule has 0 fully saturated rings. The number of hydrazine groups is 1. The SMILES string of the molecule is O=C(/C=C/c1cccc(F)c1)NNC(=O)c1ccccc1OCCOc1ccccc1. The number of nitrogens with one attached hydrogen (secondary N) is 2. The summed E-state index contributed by atoms with van der Waals surface area (Å²) in [7, 11) is 0. The van der Waals surface area contributed by atoms with E-state index in [1.54, 1.807) is 30.3 Å². The lowest BCUT2D eigenvalue weighted by atomic mass is 10.2. The monoisotopic (exact) mass is 420 g/mol. The van der Waals surface area contributed by atoms with Crippen molar-refractivity contribution in [2.45, 2.75) is 0 Å². The molecule has 0 saturated heterocycles. The van der Waals surface area contributed by atoms with E-state index in [0.717, 1.165) is 5.75 Å². The molecule has 0 aromatic heterocycles. The quantitative estimate of drug-likeness (QED) is 0.331. The number of amides is 2. The molecule has 2 N–H and O–H groups in total. The average molecular weight is 420 g/mol. The third-order valence-corrected chi connectivity index (χ3v) is 4.06. The van der Waals surface area contributed by atoms with Crippen LogP contribution in [0.2, 0.25) is 0 Å². The van der Waals surface area contributed by atoms with Crippen molar-refractivity contribution >= 4 is 17.9 Å². The maximum atomic E-state index is 13.2. The van der Waals surface area contributed by atoms with Crippen molar-refractivity contribution in [1.29, 1.82) is 0 Å². The first-order valence-corrected chi connectivity index (χ1v) is 9.55.